The van der Waals surface area contributed by atoms with Crippen molar-refractivity contribution < 1.29 is 18.8 Å². The number of fused-ring (bicyclic) bond motifs is 1. The second kappa shape index (κ2) is 7.05. The third-order valence-corrected chi connectivity index (χ3v) is 5.00. The molecule has 2 N–H and O–H groups in total. The van der Waals surface area contributed by atoms with Gasteiger partial charge in [-0.15, -0.1) is 0 Å². The smallest absolute Gasteiger partial charge is 0.231 e. The fourth-order valence-corrected chi connectivity index (χ4v) is 3.76. The van der Waals surface area contributed by atoms with Crippen molar-refractivity contribution in [1.29, 1.82) is 0 Å². The van der Waals surface area contributed by atoms with Crippen molar-refractivity contribution in [3.05, 3.63) is 41.0 Å². The van der Waals surface area contributed by atoms with Crippen LogP contribution in [-0.2, 0) is 29.1 Å². The topological polar surface area (TPSA) is 104 Å². The molecular formula is C18H22N4O4. The Morgan fingerprint density at radius 1 is 1.42 bits per heavy atom. The summed E-state index contributed by atoms with van der Waals surface area (Å²) in [5.74, 6) is 1.02. The number of carbonyl (C=O) groups is 1. The number of benzene rings is 1. The molecule has 2 unspecified atom stereocenters. The largest absolute Gasteiger partial charge is 0.493 e. The summed E-state index contributed by atoms with van der Waals surface area (Å²) in [5, 5.41) is 3.90. The number of aromatic nitrogens is 2. The van der Waals surface area contributed by atoms with E-state index in [4.69, 9.17) is 19.7 Å². The van der Waals surface area contributed by atoms with Crippen LogP contribution in [0.4, 0.5) is 0 Å². The van der Waals surface area contributed by atoms with Crippen LogP contribution in [-0.4, -0.2) is 47.8 Å². The Balaban J connectivity index is 1.49. The van der Waals surface area contributed by atoms with Gasteiger partial charge in [0.2, 0.25) is 11.8 Å². The summed E-state index contributed by atoms with van der Waals surface area (Å²) in [4.78, 5) is 18.5. The van der Waals surface area contributed by atoms with E-state index >= 15 is 0 Å². The van der Waals surface area contributed by atoms with Crippen molar-refractivity contribution in [2.75, 3.05) is 26.8 Å². The first-order valence-corrected chi connectivity index (χ1v) is 8.71. The number of hydrogen-bond donors (Lipinski definition) is 1. The van der Waals surface area contributed by atoms with Gasteiger partial charge in [0, 0.05) is 33.2 Å². The maximum absolute atomic E-state index is 11.9. The highest BCUT2D eigenvalue weighted by Gasteiger charge is 2.40. The minimum absolute atomic E-state index is 0.191. The Hall–Kier alpha value is -2.45. The zero-order chi connectivity index (χ0) is 18.1. The lowest BCUT2D eigenvalue weighted by Crippen LogP contribution is -2.29. The molecule has 4 rings (SSSR count). The first kappa shape index (κ1) is 17.0. The number of likely N-dealkylation sites (tertiary alicyclic amines) is 1. The van der Waals surface area contributed by atoms with Gasteiger partial charge in [-0.2, -0.15) is 4.98 Å². The van der Waals surface area contributed by atoms with Gasteiger partial charge in [0.05, 0.1) is 18.4 Å². The second-order valence-electron chi connectivity index (χ2n) is 6.83. The molecule has 1 saturated heterocycles. The van der Waals surface area contributed by atoms with Gasteiger partial charge in [0.15, 0.2) is 5.82 Å². The average molecular weight is 358 g/mol. The van der Waals surface area contributed by atoms with E-state index in [1.54, 1.807) is 7.11 Å². The molecule has 1 aromatic carbocycles. The Bertz CT molecular complexity index is 806. The summed E-state index contributed by atoms with van der Waals surface area (Å²) in [7, 11) is 1.57. The van der Waals surface area contributed by atoms with Crippen LogP contribution in [0.15, 0.2) is 22.7 Å². The van der Waals surface area contributed by atoms with Crippen molar-refractivity contribution in [1.82, 2.24) is 15.0 Å². The van der Waals surface area contributed by atoms with Crippen molar-refractivity contribution in [2.45, 2.75) is 25.5 Å². The molecule has 2 aliphatic heterocycles. The predicted octanol–water partition coefficient (Wildman–Crippen LogP) is 0.852. The standard InChI is InChI=1S/C18H22N4O4/c1-24-10-16-20-18(26-21-16)14-9-22(8-13(14)17(19)23)7-11-2-3-15-12(6-11)4-5-25-15/h2-3,6,13-14H,4-5,7-10H2,1H3,(H2,19,23). The molecule has 0 radical (unpaired) electrons. The number of carbonyl (C=O) groups excluding carboxylic acids is 1. The molecule has 2 aromatic rings. The van der Waals surface area contributed by atoms with Gasteiger partial charge >= 0.3 is 0 Å². The summed E-state index contributed by atoms with van der Waals surface area (Å²) in [6.45, 7) is 2.99. The summed E-state index contributed by atoms with van der Waals surface area (Å²) in [6.07, 6.45) is 0.944. The van der Waals surface area contributed by atoms with E-state index in [-0.39, 0.29) is 24.3 Å². The zero-order valence-corrected chi connectivity index (χ0v) is 14.7. The molecule has 2 atom stereocenters. The Morgan fingerprint density at radius 2 is 2.31 bits per heavy atom. The monoisotopic (exact) mass is 358 g/mol. The molecule has 138 valence electrons. The molecule has 0 saturated carbocycles. The molecule has 0 spiro atoms. The molecule has 0 aliphatic carbocycles. The zero-order valence-electron chi connectivity index (χ0n) is 14.7. The van der Waals surface area contributed by atoms with Crippen molar-refractivity contribution >= 4 is 5.91 Å². The lowest BCUT2D eigenvalue weighted by Gasteiger charge is -2.15. The van der Waals surface area contributed by atoms with Gasteiger partial charge in [-0.3, -0.25) is 9.69 Å². The SMILES string of the molecule is COCc1noc(C2CN(Cc3ccc4c(c3)CCO4)CC2C(N)=O)n1. The normalized spacial score (nSPS) is 22.3. The maximum Gasteiger partial charge on any atom is 0.231 e. The van der Waals surface area contributed by atoms with E-state index in [1.165, 1.54) is 11.1 Å². The molecular weight excluding hydrogens is 336 g/mol. The highest BCUT2D eigenvalue weighted by atomic mass is 16.5. The van der Waals surface area contributed by atoms with Crippen LogP contribution in [0.1, 0.15) is 28.8 Å². The number of nitrogens with zero attached hydrogens (tertiary/aromatic N) is 3. The number of amides is 1. The molecule has 2 aliphatic rings. The van der Waals surface area contributed by atoms with Crippen LogP contribution in [0.5, 0.6) is 5.75 Å². The number of hydrogen-bond acceptors (Lipinski definition) is 7. The third-order valence-electron chi connectivity index (χ3n) is 5.00. The summed E-state index contributed by atoms with van der Waals surface area (Å²) < 4.78 is 15.9. The summed E-state index contributed by atoms with van der Waals surface area (Å²) in [5.41, 5.74) is 8.06. The molecule has 1 fully saturated rings. The minimum atomic E-state index is -0.344. The molecule has 1 aromatic heterocycles. The molecule has 26 heavy (non-hydrogen) atoms. The van der Waals surface area contributed by atoms with Gasteiger partial charge < -0.3 is 19.7 Å². The summed E-state index contributed by atoms with van der Waals surface area (Å²) in [6, 6.07) is 6.27. The lowest BCUT2D eigenvalue weighted by molar-refractivity contribution is -0.121. The van der Waals surface area contributed by atoms with E-state index in [0.717, 1.165) is 25.3 Å². The highest BCUT2D eigenvalue weighted by molar-refractivity contribution is 5.78. The van der Waals surface area contributed by atoms with Crippen molar-refractivity contribution in [3.63, 3.8) is 0 Å². The Morgan fingerprint density at radius 3 is 3.12 bits per heavy atom. The van der Waals surface area contributed by atoms with E-state index in [1.807, 2.05) is 6.07 Å². The van der Waals surface area contributed by atoms with Gasteiger partial charge in [0.25, 0.3) is 0 Å². The molecule has 8 nitrogen and oxygen atoms in total. The van der Waals surface area contributed by atoms with Crippen LogP contribution in [0, 0.1) is 5.92 Å². The first-order valence-electron chi connectivity index (χ1n) is 8.71. The quantitative estimate of drug-likeness (QED) is 0.816. The highest BCUT2D eigenvalue weighted by Crippen LogP contribution is 2.33. The Kier molecular flexibility index (Phi) is 4.60. The van der Waals surface area contributed by atoms with Gasteiger partial charge in [-0.25, -0.2) is 0 Å². The third kappa shape index (κ3) is 3.30. The minimum Gasteiger partial charge on any atom is -0.493 e. The number of nitrogens with two attached hydrogens (primary N) is 1. The summed E-state index contributed by atoms with van der Waals surface area (Å²) >= 11 is 0. The second-order valence-corrected chi connectivity index (χ2v) is 6.83. The van der Waals surface area contributed by atoms with Gasteiger partial charge in [-0.05, 0) is 17.2 Å². The van der Waals surface area contributed by atoms with Crippen LogP contribution in [0.2, 0.25) is 0 Å². The average Bonchev–Trinajstić information content (AvgIpc) is 3.33. The maximum atomic E-state index is 11.9. The fraction of sp³-hybridized carbons (Fsp3) is 0.500. The van der Waals surface area contributed by atoms with E-state index in [9.17, 15) is 4.79 Å². The number of rotatable bonds is 6. The number of methoxy groups -OCH3 is 1. The van der Waals surface area contributed by atoms with Crippen molar-refractivity contribution in [3.8, 4) is 5.75 Å². The lowest BCUT2D eigenvalue weighted by atomic mass is 9.95. The number of ether oxygens (including phenoxy) is 2. The molecule has 0 bridgehead atoms. The fourth-order valence-electron chi connectivity index (χ4n) is 3.76. The van der Waals surface area contributed by atoms with Crippen LogP contribution < -0.4 is 10.5 Å². The van der Waals surface area contributed by atoms with E-state index < -0.39 is 0 Å². The van der Waals surface area contributed by atoms with E-state index in [2.05, 4.69) is 27.2 Å². The molecule has 8 heteroatoms. The Labute approximate surface area is 151 Å². The van der Waals surface area contributed by atoms with Crippen molar-refractivity contribution in [2.24, 2.45) is 11.7 Å². The van der Waals surface area contributed by atoms with E-state index in [0.29, 0.717) is 24.8 Å². The molecule has 1 amide bonds. The van der Waals surface area contributed by atoms with Crippen LogP contribution >= 0.6 is 0 Å². The van der Waals surface area contributed by atoms with Crippen LogP contribution in [0.25, 0.3) is 0 Å². The van der Waals surface area contributed by atoms with Gasteiger partial charge in [0.1, 0.15) is 12.4 Å². The predicted molar refractivity (Wildman–Crippen MR) is 91.4 cm³/mol. The molecule has 3 heterocycles. The first-order chi connectivity index (χ1) is 12.6. The number of primary amides is 1. The van der Waals surface area contributed by atoms with Gasteiger partial charge in [-0.1, -0.05) is 17.3 Å². The van der Waals surface area contributed by atoms with Crippen LogP contribution in [0.3, 0.4) is 0 Å².